The molecule has 1 aliphatic rings. The van der Waals surface area contributed by atoms with Crippen molar-refractivity contribution in [3.63, 3.8) is 0 Å². The highest BCUT2D eigenvalue weighted by Gasteiger charge is 2.35. The molecule has 2 heterocycles. The van der Waals surface area contributed by atoms with Gasteiger partial charge >= 0.3 is 0 Å². The molecule has 0 radical (unpaired) electrons. The van der Waals surface area contributed by atoms with Crippen LogP contribution >= 0.6 is 11.6 Å². The fourth-order valence-corrected chi connectivity index (χ4v) is 4.28. The Bertz CT molecular complexity index is 1400. The lowest BCUT2D eigenvalue weighted by Gasteiger charge is -2.22. The Labute approximate surface area is 201 Å². The van der Waals surface area contributed by atoms with Crippen LogP contribution in [0.15, 0.2) is 66.7 Å². The summed E-state index contributed by atoms with van der Waals surface area (Å²) < 4.78 is 5.54. The van der Waals surface area contributed by atoms with Gasteiger partial charge in [0.15, 0.2) is 5.82 Å². The fraction of sp³-hybridized carbons (Fsp3) is 0.154. The Hall–Kier alpha value is -3.97. The third-order valence-corrected chi connectivity index (χ3v) is 6.02. The molecule has 1 aromatic heterocycles. The van der Waals surface area contributed by atoms with Gasteiger partial charge in [0.2, 0.25) is 0 Å². The van der Waals surface area contributed by atoms with Crippen LogP contribution in [0.2, 0.25) is 5.02 Å². The third-order valence-electron chi connectivity index (χ3n) is 5.73. The number of benzene rings is 3. The number of carbonyl (C=O) groups is 2. The van der Waals surface area contributed by atoms with E-state index in [1.54, 1.807) is 24.3 Å². The lowest BCUT2D eigenvalue weighted by molar-refractivity contribution is 0.0638. The van der Waals surface area contributed by atoms with Crippen molar-refractivity contribution in [1.82, 2.24) is 14.9 Å². The number of halogens is 1. The predicted octanol–water partition coefficient (Wildman–Crippen LogP) is 5.25. The van der Waals surface area contributed by atoms with Crippen molar-refractivity contribution in [3.8, 4) is 5.75 Å². The highest BCUT2D eigenvalue weighted by Crippen LogP contribution is 2.34. The van der Waals surface area contributed by atoms with Crippen LogP contribution in [-0.4, -0.2) is 40.3 Å². The number of ether oxygens (including phenoxy) is 1. The van der Waals surface area contributed by atoms with Crippen LogP contribution in [0.1, 0.15) is 33.5 Å². The van der Waals surface area contributed by atoms with Gasteiger partial charge in [-0.1, -0.05) is 35.9 Å². The number of anilines is 2. The van der Waals surface area contributed by atoms with E-state index in [0.717, 1.165) is 11.1 Å². The quantitative estimate of drug-likeness (QED) is 0.357. The fourth-order valence-electron chi connectivity index (χ4n) is 4.05. The Morgan fingerprint density at radius 3 is 2.29 bits per heavy atom. The number of hydrogen-bond acceptors (Lipinski definition) is 6. The van der Waals surface area contributed by atoms with Crippen molar-refractivity contribution in [2.45, 2.75) is 13.5 Å². The first-order chi connectivity index (χ1) is 16.5. The van der Waals surface area contributed by atoms with Crippen LogP contribution in [0.3, 0.4) is 0 Å². The SMILES string of the molecule is CCOc1ccc(N(C)c2nc(CN3C(=O)c4ccccc4C3=O)nc3ccccc23)cc1Cl. The molecule has 0 bridgehead atoms. The summed E-state index contributed by atoms with van der Waals surface area (Å²) in [5.41, 5.74) is 2.32. The lowest BCUT2D eigenvalue weighted by Crippen LogP contribution is -2.30. The maximum Gasteiger partial charge on any atom is 0.261 e. The van der Waals surface area contributed by atoms with Crippen molar-refractivity contribution in [1.29, 1.82) is 0 Å². The monoisotopic (exact) mass is 472 g/mol. The van der Waals surface area contributed by atoms with Crippen molar-refractivity contribution >= 4 is 45.8 Å². The maximum atomic E-state index is 12.9. The van der Waals surface area contributed by atoms with Gasteiger partial charge in [-0.05, 0) is 49.4 Å². The summed E-state index contributed by atoms with van der Waals surface area (Å²) in [5, 5.41) is 1.33. The smallest absolute Gasteiger partial charge is 0.261 e. The molecule has 1 aliphatic heterocycles. The molecule has 170 valence electrons. The van der Waals surface area contributed by atoms with Gasteiger partial charge in [0.05, 0.1) is 34.8 Å². The van der Waals surface area contributed by atoms with Gasteiger partial charge in [0.25, 0.3) is 11.8 Å². The first-order valence-electron chi connectivity index (χ1n) is 10.8. The zero-order valence-electron chi connectivity index (χ0n) is 18.7. The van der Waals surface area contributed by atoms with Crippen LogP contribution in [0.5, 0.6) is 5.75 Å². The van der Waals surface area contributed by atoms with Gasteiger partial charge in [-0.15, -0.1) is 0 Å². The molecule has 4 aromatic rings. The number of imide groups is 1. The van der Waals surface area contributed by atoms with E-state index in [4.69, 9.17) is 21.3 Å². The number of fused-ring (bicyclic) bond motifs is 2. The molecular formula is C26H21ClN4O3. The van der Waals surface area contributed by atoms with E-state index in [-0.39, 0.29) is 18.4 Å². The number of hydrogen-bond donors (Lipinski definition) is 0. The number of carbonyl (C=O) groups excluding carboxylic acids is 2. The van der Waals surface area contributed by atoms with Gasteiger partial charge < -0.3 is 9.64 Å². The number of amides is 2. The van der Waals surface area contributed by atoms with E-state index in [1.165, 1.54) is 4.90 Å². The van der Waals surface area contributed by atoms with Crippen molar-refractivity contribution < 1.29 is 14.3 Å². The van der Waals surface area contributed by atoms with Crippen LogP contribution < -0.4 is 9.64 Å². The summed E-state index contributed by atoms with van der Waals surface area (Å²) in [6.45, 7) is 2.40. The molecule has 8 heteroatoms. The largest absolute Gasteiger partial charge is 0.492 e. The average Bonchev–Trinajstić information content (AvgIpc) is 3.09. The Morgan fingerprint density at radius 1 is 0.941 bits per heavy atom. The van der Waals surface area contributed by atoms with Crippen LogP contribution in [0, 0.1) is 0 Å². The van der Waals surface area contributed by atoms with Gasteiger partial charge in [-0.3, -0.25) is 14.5 Å². The minimum atomic E-state index is -0.342. The summed E-state index contributed by atoms with van der Waals surface area (Å²) in [6.07, 6.45) is 0. The second-order valence-electron chi connectivity index (χ2n) is 7.83. The predicted molar refractivity (Wildman–Crippen MR) is 131 cm³/mol. The second-order valence-corrected chi connectivity index (χ2v) is 8.24. The molecule has 0 spiro atoms. The molecule has 0 aliphatic carbocycles. The summed E-state index contributed by atoms with van der Waals surface area (Å²) in [6, 6.07) is 20.0. The Kier molecular flexibility index (Phi) is 5.63. The number of rotatable bonds is 6. The summed E-state index contributed by atoms with van der Waals surface area (Å²) >= 11 is 6.41. The van der Waals surface area contributed by atoms with Gasteiger partial charge in [0, 0.05) is 18.1 Å². The molecule has 0 atom stereocenters. The van der Waals surface area contributed by atoms with E-state index in [2.05, 4.69) is 4.98 Å². The highest BCUT2D eigenvalue weighted by atomic mass is 35.5. The van der Waals surface area contributed by atoms with Crippen LogP contribution in [0.25, 0.3) is 10.9 Å². The molecule has 7 nitrogen and oxygen atoms in total. The zero-order valence-corrected chi connectivity index (χ0v) is 19.4. The van der Waals surface area contributed by atoms with Crippen molar-refractivity contribution in [2.24, 2.45) is 0 Å². The first-order valence-corrected chi connectivity index (χ1v) is 11.2. The highest BCUT2D eigenvalue weighted by molar-refractivity contribution is 6.32. The Balaban J connectivity index is 1.53. The lowest BCUT2D eigenvalue weighted by atomic mass is 10.1. The number of aromatic nitrogens is 2. The molecule has 34 heavy (non-hydrogen) atoms. The standard InChI is InChI=1S/C26H21ClN4O3/c1-3-34-22-13-12-16(14-20(22)27)30(2)24-19-10-6-7-11-21(19)28-23(29-24)15-31-25(32)17-8-4-5-9-18(17)26(31)33/h4-14H,3,15H2,1-2H3. The molecular weight excluding hydrogens is 452 g/mol. The molecule has 5 rings (SSSR count). The Morgan fingerprint density at radius 2 is 1.62 bits per heavy atom. The van der Waals surface area contributed by atoms with E-state index >= 15 is 0 Å². The molecule has 0 unspecified atom stereocenters. The van der Waals surface area contributed by atoms with Crippen LogP contribution in [0.4, 0.5) is 11.5 Å². The summed E-state index contributed by atoms with van der Waals surface area (Å²) in [5.74, 6) is 0.931. The second kappa shape index (κ2) is 8.76. The maximum absolute atomic E-state index is 12.9. The number of para-hydroxylation sites is 1. The van der Waals surface area contributed by atoms with Crippen molar-refractivity contribution in [3.05, 3.63) is 88.7 Å². The third kappa shape index (κ3) is 3.74. The van der Waals surface area contributed by atoms with E-state index in [1.807, 2.05) is 61.3 Å². The summed E-state index contributed by atoms with van der Waals surface area (Å²) in [4.78, 5) is 38.2. The van der Waals surface area contributed by atoms with E-state index in [9.17, 15) is 9.59 Å². The molecule has 2 amide bonds. The topological polar surface area (TPSA) is 75.6 Å². The average molecular weight is 473 g/mol. The molecule has 0 N–H and O–H groups in total. The van der Waals surface area contributed by atoms with Crippen molar-refractivity contribution in [2.75, 3.05) is 18.6 Å². The van der Waals surface area contributed by atoms with E-state index in [0.29, 0.717) is 45.7 Å². The van der Waals surface area contributed by atoms with Gasteiger partial charge in [0.1, 0.15) is 11.6 Å². The van der Waals surface area contributed by atoms with E-state index < -0.39 is 0 Å². The summed E-state index contributed by atoms with van der Waals surface area (Å²) in [7, 11) is 1.88. The normalized spacial score (nSPS) is 12.9. The molecule has 0 saturated heterocycles. The molecule has 0 fully saturated rings. The molecule has 0 saturated carbocycles. The van der Waals surface area contributed by atoms with Gasteiger partial charge in [-0.2, -0.15) is 0 Å². The minimum Gasteiger partial charge on any atom is -0.492 e. The zero-order chi connectivity index (χ0) is 23.8. The van der Waals surface area contributed by atoms with Crippen LogP contribution in [-0.2, 0) is 6.54 Å². The first kappa shape index (κ1) is 21.9. The minimum absolute atomic E-state index is 0.0257. The number of nitrogens with zero attached hydrogens (tertiary/aromatic N) is 4. The van der Waals surface area contributed by atoms with Gasteiger partial charge in [-0.25, -0.2) is 9.97 Å². The molecule has 3 aromatic carbocycles.